The fraction of sp³-hybridized carbons (Fsp3) is 0.533. The van der Waals surface area contributed by atoms with Gasteiger partial charge in [0.1, 0.15) is 0 Å². The Morgan fingerprint density at radius 3 is 3.00 bits per heavy atom. The van der Waals surface area contributed by atoms with Crippen molar-refractivity contribution >= 4 is 17.5 Å². The molecule has 0 spiro atoms. The van der Waals surface area contributed by atoms with Crippen molar-refractivity contribution in [2.24, 2.45) is 0 Å². The average molecular weight is 297 g/mol. The van der Waals surface area contributed by atoms with Crippen LogP contribution >= 0.6 is 11.6 Å². The molecule has 1 heterocycles. The Bertz CT molecular complexity index is 485. The molecule has 5 heteroatoms. The molecule has 2 rings (SSSR count). The number of carbonyl (C=O) groups is 1. The van der Waals surface area contributed by atoms with Crippen molar-refractivity contribution in [2.75, 3.05) is 26.8 Å². The van der Waals surface area contributed by atoms with E-state index in [0.717, 1.165) is 24.9 Å². The Labute approximate surface area is 124 Å². The lowest BCUT2D eigenvalue weighted by molar-refractivity contribution is 0.0891. The molecule has 1 amide bonds. The summed E-state index contributed by atoms with van der Waals surface area (Å²) in [6.07, 6.45) is 2.12. The van der Waals surface area contributed by atoms with Crippen LogP contribution in [0.3, 0.4) is 0 Å². The van der Waals surface area contributed by atoms with Crippen molar-refractivity contribution in [1.82, 2.24) is 10.6 Å². The summed E-state index contributed by atoms with van der Waals surface area (Å²) in [5.74, 6) is -0.0887. The zero-order valence-electron chi connectivity index (χ0n) is 12.0. The molecule has 0 saturated carbocycles. The quantitative estimate of drug-likeness (QED) is 0.875. The van der Waals surface area contributed by atoms with Gasteiger partial charge in [0, 0.05) is 24.2 Å². The van der Waals surface area contributed by atoms with Gasteiger partial charge in [-0.05, 0) is 44.0 Å². The van der Waals surface area contributed by atoms with E-state index in [1.807, 2.05) is 13.0 Å². The van der Waals surface area contributed by atoms with Crippen LogP contribution in [0.1, 0.15) is 28.8 Å². The fourth-order valence-corrected chi connectivity index (χ4v) is 2.83. The number of rotatable bonds is 5. The summed E-state index contributed by atoms with van der Waals surface area (Å²) in [4.78, 5) is 12.3. The zero-order chi connectivity index (χ0) is 14.6. The third-order valence-electron chi connectivity index (χ3n) is 3.78. The summed E-state index contributed by atoms with van der Waals surface area (Å²) in [5, 5.41) is 7.01. The molecule has 1 aromatic rings. The second-order valence-corrected chi connectivity index (χ2v) is 5.82. The van der Waals surface area contributed by atoms with Gasteiger partial charge in [-0.2, -0.15) is 0 Å². The number of carbonyl (C=O) groups excluding carboxylic acids is 1. The molecule has 20 heavy (non-hydrogen) atoms. The second-order valence-electron chi connectivity index (χ2n) is 5.39. The Morgan fingerprint density at radius 1 is 1.55 bits per heavy atom. The van der Waals surface area contributed by atoms with Crippen molar-refractivity contribution in [3.8, 4) is 0 Å². The van der Waals surface area contributed by atoms with Crippen LogP contribution < -0.4 is 10.6 Å². The Balaban J connectivity index is 2.02. The molecule has 0 radical (unpaired) electrons. The maximum Gasteiger partial charge on any atom is 0.251 e. The molecule has 1 fully saturated rings. The normalized spacial score (nSPS) is 21.9. The summed E-state index contributed by atoms with van der Waals surface area (Å²) >= 11 is 5.95. The van der Waals surface area contributed by atoms with E-state index in [9.17, 15) is 4.79 Å². The average Bonchev–Trinajstić information content (AvgIpc) is 2.88. The van der Waals surface area contributed by atoms with Gasteiger partial charge < -0.3 is 15.4 Å². The summed E-state index contributed by atoms with van der Waals surface area (Å²) in [5.41, 5.74) is 1.41. The number of aryl methyl sites for hydroxylation is 1. The predicted molar refractivity (Wildman–Crippen MR) is 80.4 cm³/mol. The van der Waals surface area contributed by atoms with Crippen LogP contribution in [-0.2, 0) is 4.74 Å². The van der Waals surface area contributed by atoms with E-state index in [4.69, 9.17) is 16.3 Å². The van der Waals surface area contributed by atoms with E-state index in [0.29, 0.717) is 23.7 Å². The lowest BCUT2D eigenvalue weighted by atomic mass is 9.98. The first-order valence-electron chi connectivity index (χ1n) is 6.85. The molecule has 1 unspecified atom stereocenters. The maximum atomic E-state index is 12.3. The van der Waals surface area contributed by atoms with E-state index in [2.05, 4.69) is 10.6 Å². The summed E-state index contributed by atoms with van der Waals surface area (Å²) in [6.45, 7) is 4.03. The number of hydrogen-bond donors (Lipinski definition) is 2. The van der Waals surface area contributed by atoms with Gasteiger partial charge in [-0.25, -0.2) is 0 Å². The number of nitrogens with one attached hydrogen (secondary N) is 2. The molecule has 4 nitrogen and oxygen atoms in total. The van der Waals surface area contributed by atoms with Gasteiger partial charge in [-0.1, -0.05) is 17.7 Å². The molecular formula is C15H21ClN2O2. The molecule has 1 aliphatic heterocycles. The minimum atomic E-state index is -0.142. The molecular weight excluding hydrogens is 276 g/mol. The molecule has 1 aliphatic rings. The van der Waals surface area contributed by atoms with Gasteiger partial charge in [0.2, 0.25) is 0 Å². The lowest BCUT2D eigenvalue weighted by Gasteiger charge is -2.29. The molecule has 1 aromatic carbocycles. The van der Waals surface area contributed by atoms with E-state index >= 15 is 0 Å². The molecule has 1 saturated heterocycles. The number of halogens is 1. The number of benzene rings is 1. The van der Waals surface area contributed by atoms with Crippen LogP contribution in [0.25, 0.3) is 0 Å². The van der Waals surface area contributed by atoms with Crippen LogP contribution in [0, 0.1) is 6.92 Å². The highest BCUT2D eigenvalue weighted by Gasteiger charge is 2.33. The van der Waals surface area contributed by atoms with Crippen molar-refractivity contribution in [3.05, 3.63) is 34.3 Å². The third kappa shape index (κ3) is 3.51. The van der Waals surface area contributed by atoms with E-state index in [1.165, 1.54) is 0 Å². The van der Waals surface area contributed by atoms with Gasteiger partial charge >= 0.3 is 0 Å². The number of ether oxygens (including phenoxy) is 1. The fourth-order valence-electron chi connectivity index (χ4n) is 2.65. The molecule has 110 valence electrons. The van der Waals surface area contributed by atoms with Crippen LogP contribution in [0.5, 0.6) is 0 Å². The highest BCUT2D eigenvalue weighted by molar-refractivity contribution is 6.31. The largest absolute Gasteiger partial charge is 0.383 e. The zero-order valence-corrected chi connectivity index (χ0v) is 12.7. The maximum absolute atomic E-state index is 12.3. The van der Waals surface area contributed by atoms with Crippen LogP contribution in [0.2, 0.25) is 5.02 Å². The number of methoxy groups -OCH3 is 1. The molecule has 2 N–H and O–H groups in total. The number of hydrogen-bond acceptors (Lipinski definition) is 3. The third-order valence-corrected chi connectivity index (χ3v) is 4.02. The first kappa shape index (κ1) is 15.3. The summed E-state index contributed by atoms with van der Waals surface area (Å²) in [7, 11) is 1.69. The van der Waals surface area contributed by atoms with Crippen molar-refractivity contribution in [1.29, 1.82) is 0 Å². The molecule has 1 atom stereocenters. The van der Waals surface area contributed by atoms with Gasteiger partial charge in [-0.3, -0.25) is 4.79 Å². The minimum absolute atomic E-state index is 0.0887. The minimum Gasteiger partial charge on any atom is -0.383 e. The Morgan fingerprint density at radius 2 is 2.35 bits per heavy atom. The monoisotopic (exact) mass is 296 g/mol. The topological polar surface area (TPSA) is 50.4 Å². The van der Waals surface area contributed by atoms with Crippen molar-refractivity contribution in [2.45, 2.75) is 25.3 Å². The van der Waals surface area contributed by atoms with Crippen LogP contribution in [0.15, 0.2) is 18.2 Å². The smallest absolute Gasteiger partial charge is 0.251 e. The van der Waals surface area contributed by atoms with Crippen LogP contribution in [-0.4, -0.2) is 38.3 Å². The molecule has 0 bridgehead atoms. The Kier molecular flexibility index (Phi) is 5.02. The van der Waals surface area contributed by atoms with E-state index in [1.54, 1.807) is 19.2 Å². The standard InChI is InChI=1S/C15H21ClN2O2/c1-11-4-5-12(16)8-13(11)14(19)17-9-15(10-20-2)6-3-7-18-15/h4-5,8,18H,3,6-7,9-10H2,1-2H3,(H,17,19). The Hall–Kier alpha value is -1.10. The van der Waals surface area contributed by atoms with Gasteiger partial charge in [0.15, 0.2) is 0 Å². The second kappa shape index (κ2) is 6.57. The van der Waals surface area contributed by atoms with Crippen molar-refractivity contribution in [3.63, 3.8) is 0 Å². The van der Waals surface area contributed by atoms with Gasteiger partial charge in [-0.15, -0.1) is 0 Å². The first-order chi connectivity index (χ1) is 9.56. The molecule has 0 aromatic heterocycles. The van der Waals surface area contributed by atoms with Crippen molar-refractivity contribution < 1.29 is 9.53 Å². The van der Waals surface area contributed by atoms with E-state index < -0.39 is 0 Å². The van der Waals surface area contributed by atoms with Gasteiger partial charge in [0.05, 0.1) is 12.1 Å². The van der Waals surface area contributed by atoms with Gasteiger partial charge in [0.25, 0.3) is 5.91 Å². The highest BCUT2D eigenvalue weighted by atomic mass is 35.5. The van der Waals surface area contributed by atoms with Crippen LogP contribution in [0.4, 0.5) is 0 Å². The predicted octanol–water partition coefficient (Wildman–Crippen LogP) is 2.15. The van der Waals surface area contributed by atoms with E-state index in [-0.39, 0.29) is 11.4 Å². The highest BCUT2D eigenvalue weighted by Crippen LogP contribution is 2.20. The first-order valence-corrected chi connectivity index (χ1v) is 7.22. The SMILES string of the molecule is COCC1(CNC(=O)c2cc(Cl)ccc2C)CCCN1. The molecule has 0 aliphatic carbocycles. The summed E-state index contributed by atoms with van der Waals surface area (Å²) < 4.78 is 5.28. The lowest BCUT2D eigenvalue weighted by Crippen LogP contribution is -2.53. The number of amides is 1. The summed E-state index contributed by atoms with van der Waals surface area (Å²) in [6, 6.07) is 5.35.